The normalized spacial score (nSPS) is 20.8. The van der Waals surface area contributed by atoms with Crippen molar-refractivity contribution in [2.75, 3.05) is 0 Å². The minimum absolute atomic E-state index is 0.148. The fraction of sp³-hybridized carbons (Fsp3) is 0.727. The van der Waals surface area contributed by atoms with Crippen LogP contribution < -0.4 is 0 Å². The van der Waals surface area contributed by atoms with E-state index in [9.17, 15) is 4.79 Å². The Kier molecular flexibility index (Phi) is 6.01. The van der Waals surface area contributed by atoms with E-state index in [-0.39, 0.29) is 12.1 Å². The molecule has 92 valence electrons. The molecule has 0 aliphatic heterocycles. The van der Waals surface area contributed by atoms with Gasteiger partial charge in [-0.3, -0.25) is 0 Å². The maximum atomic E-state index is 11.8. The molecule has 1 unspecified atom stereocenters. The van der Waals surface area contributed by atoms with Crippen molar-refractivity contribution in [2.24, 2.45) is 0 Å². The molecule has 1 aliphatic rings. The van der Waals surface area contributed by atoms with E-state index in [2.05, 4.69) is 6.55 Å². The Bertz CT molecular complexity index is 260. The molecule has 1 rings (SSSR count). The van der Waals surface area contributed by atoms with Gasteiger partial charge >= 0.3 is 5.97 Å². The maximum Gasteiger partial charge on any atom is 0.333 e. The van der Waals surface area contributed by atoms with E-state index in [4.69, 9.17) is 8.85 Å². The summed E-state index contributed by atoms with van der Waals surface area (Å²) in [6, 6.07) is 0. The molecule has 1 aliphatic carbocycles. The van der Waals surface area contributed by atoms with Crippen molar-refractivity contribution in [1.82, 2.24) is 0 Å². The van der Waals surface area contributed by atoms with Crippen LogP contribution >= 0.6 is 0 Å². The highest BCUT2D eigenvalue weighted by Gasteiger charge is 2.18. The van der Waals surface area contributed by atoms with E-state index in [1.165, 1.54) is 19.3 Å². The molecule has 0 N–H and O–H groups in total. The van der Waals surface area contributed by atoms with E-state index in [1.54, 1.807) is 0 Å². The van der Waals surface area contributed by atoms with Crippen LogP contribution in [0.15, 0.2) is 11.3 Å². The van der Waals surface area contributed by atoms with E-state index < -0.39 is 9.04 Å². The van der Waals surface area contributed by atoms with Gasteiger partial charge in [-0.1, -0.05) is 12.1 Å². The highest BCUT2D eigenvalue weighted by Crippen LogP contribution is 2.21. The van der Waals surface area contributed by atoms with Crippen molar-refractivity contribution in [1.29, 1.82) is 0 Å². The fourth-order valence-corrected chi connectivity index (χ4v) is 3.30. The van der Waals surface area contributed by atoms with Gasteiger partial charge in [0.1, 0.15) is 16.6 Å². The average Bonchev–Trinajstić information content (AvgIpc) is 2.30. The van der Waals surface area contributed by atoms with Gasteiger partial charge < -0.3 is 8.85 Å². The zero-order valence-electron chi connectivity index (χ0n) is 10.5. The van der Waals surface area contributed by atoms with Gasteiger partial charge in [-0.25, -0.2) is 4.79 Å². The summed E-state index contributed by atoms with van der Waals surface area (Å²) < 4.78 is 10.8. The molecule has 0 bridgehead atoms. The van der Waals surface area contributed by atoms with Gasteiger partial charge in [0.15, 0.2) is 9.04 Å². The van der Waals surface area contributed by atoms with Crippen LogP contribution in [-0.2, 0) is 13.6 Å². The van der Waals surface area contributed by atoms with Crippen LogP contribution in [0.4, 0.5) is 0 Å². The molecular formula is C11H22O3Si2. The summed E-state index contributed by atoms with van der Waals surface area (Å²) in [7, 11) is -0.505. The van der Waals surface area contributed by atoms with Crippen molar-refractivity contribution in [2.45, 2.75) is 51.7 Å². The minimum Gasteiger partial charge on any atom is -0.463 e. The first-order valence-corrected chi connectivity index (χ1v) is 9.16. The molecule has 3 nitrogen and oxygen atoms in total. The predicted molar refractivity (Wildman–Crippen MR) is 70.8 cm³/mol. The Morgan fingerprint density at radius 3 is 2.56 bits per heavy atom. The summed E-state index contributed by atoms with van der Waals surface area (Å²) in [6.07, 6.45) is 5.87. The van der Waals surface area contributed by atoms with E-state index in [1.807, 2.05) is 12.6 Å². The lowest BCUT2D eigenvalue weighted by atomic mass is 9.98. The van der Waals surface area contributed by atoms with Crippen molar-refractivity contribution in [3.8, 4) is 0 Å². The third-order valence-corrected chi connectivity index (χ3v) is 6.95. The number of carbonyl (C=O) groups is 1. The Labute approximate surface area is 102 Å². The van der Waals surface area contributed by atoms with Crippen LogP contribution in [0.3, 0.4) is 0 Å². The third kappa shape index (κ3) is 4.63. The summed E-state index contributed by atoms with van der Waals surface area (Å²) in [6.45, 7) is 3.90. The topological polar surface area (TPSA) is 35.5 Å². The largest absolute Gasteiger partial charge is 0.463 e. The van der Waals surface area contributed by atoms with E-state index in [0.29, 0.717) is 0 Å². The van der Waals surface area contributed by atoms with Gasteiger partial charge in [-0.2, -0.15) is 0 Å². The Morgan fingerprint density at radius 1 is 1.38 bits per heavy atom. The molecule has 1 fully saturated rings. The number of rotatable bonds is 4. The van der Waals surface area contributed by atoms with E-state index in [0.717, 1.165) is 28.9 Å². The quantitative estimate of drug-likeness (QED) is 0.429. The van der Waals surface area contributed by atoms with Crippen molar-refractivity contribution < 1.29 is 13.6 Å². The van der Waals surface area contributed by atoms with Crippen LogP contribution in [0, 0.1) is 0 Å². The monoisotopic (exact) mass is 258 g/mol. The molecule has 0 heterocycles. The van der Waals surface area contributed by atoms with Gasteiger partial charge in [-0.05, 0) is 39.2 Å². The molecule has 0 aromatic carbocycles. The van der Waals surface area contributed by atoms with Crippen molar-refractivity contribution >= 4 is 25.5 Å². The number of hydrogen-bond donors (Lipinski definition) is 0. The second kappa shape index (κ2) is 7.03. The zero-order chi connectivity index (χ0) is 12.0. The standard InChI is InChI=1S/C11H22O3Si2/c1-9(8-16(2)14-15)11(12)13-10-6-4-3-5-7-10/h8,10,16H,3-7H2,1-2,15H3. The van der Waals surface area contributed by atoms with Gasteiger partial charge in [0.25, 0.3) is 0 Å². The number of carbonyl (C=O) groups excluding carboxylic acids is 1. The summed E-state index contributed by atoms with van der Waals surface area (Å²) in [5, 5.41) is 0. The lowest BCUT2D eigenvalue weighted by Crippen LogP contribution is -2.22. The number of ether oxygens (including phenoxy) is 1. The SMILES string of the molecule is CC(=C[SiH](C)O[SiH3])C(=O)OC1CCCCC1. The summed E-state index contributed by atoms with van der Waals surface area (Å²) >= 11 is 0. The second-order valence-corrected chi connectivity index (χ2v) is 8.09. The lowest BCUT2D eigenvalue weighted by Gasteiger charge is -2.22. The highest BCUT2D eigenvalue weighted by atomic mass is 28.3. The van der Waals surface area contributed by atoms with Crippen molar-refractivity contribution in [3.05, 3.63) is 11.3 Å². The second-order valence-electron chi connectivity index (χ2n) is 4.46. The van der Waals surface area contributed by atoms with Crippen LogP contribution in [0.25, 0.3) is 0 Å². The zero-order valence-corrected chi connectivity index (χ0v) is 13.6. The molecule has 1 saturated carbocycles. The summed E-state index contributed by atoms with van der Waals surface area (Å²) in [5.74, 6) is -0.148. The smallest absolute Gasteiger partial charge is 0.333 e. The number of hydrogen-bond acceptors (Lipinski definition) is 3. The maximum absolute atomic E-state index is 11.8. The summed E-state index contributed by atoms with van der Waals surface area (Å²) in [4.78, 5) is 11.8. The first-order chi connectivity index (χ1) is 7.63. The molecular weight excluding hydrogens is 236 g/mol. The van der Waals surface area contributed by atoms with E-state index >= 15 is 0 Å². The predicted octanol–water partition coefficient (Wildman–Crippen LogP) is 0.998. The molecule has 5 heteroatoms. The highest BCUT2D eigenvalue weighted by molar-refractivity contribution is 6.60. The van der Waals surface area contributed by atoms with Gasteiger partial charge in [0, 0.05) is 5.57 Å². The minimum atomic E-state index is -1.25. The van der Waals surface area contributed by atoms with Crippen LogP contribution in [0.5, 0.6) is 0 Å². The first-order valence-electron chi connectivity index (χ1n) is 6.05. The molecule has 0 spiro atoms. The summed E-state index contributed by atoms with van der Waals surface area (Å²) in [5.41, 5.74) is 2.69. The van der Waals surface area contributed by atoms with Crippen LogP contribution in [0.2, 0.25) is 6.55 Å². The van der Waals surface area contributed by atoms with Crippen molar-refractivity contribution in [3.63, 3.8) is 0 Å². The first kappa shape index (κ1) is 13.7. The molecule has 0 aromatic rings. The molecule has 0 radical (unpaired) electrons. The Hall–Kier alpha value is -0.396. The fourth-order valence-electron chi connectivity index (χ4n) is 1.92. The molecule has 0 saturated heterocycles. The number of esters is 1. The molecule has 1 atom stereocenters. The Morgan fingerprint density at radius 2 is 2.00 bits per heavy atom. The molecule has 0 amide bonds. The van der Waals surface area contributed by atoms with Gasteiger partial charge in [-0.15, -0.1) is 0 Å². The lowest BCUT2D eigenvalue weighted by molar-refractivity contribution is -0.145. The third-order valence-electron chi connectivity index (χ3n) is 3.00. The van der Waals surface area contributed by atoms with Gasteiger partial charge in [0.05, 0.1) is 0 Å². The van der Waals surface area contributed by atoms with Crippen LogP contribution in [-0.4, -0.2) is 31.6 Å². The average molecular weight is 258 g/mol. The van der Waals surface area contributed by atoms with Crippen LogP contribution in [0.1, 0.15) is 39.0 Å². The molecule has 16 heavy (non-hydrogen) atoms. The molecule has 0 aromatic heterocycles. The van der Waals surface area contributed by atoms with Gasteiger partial charge in [0.2, 0.25) is 0 Å². The Balaban J connectivity index is 2.41.